The lowest BCUT2D eigenvalue weighted by atomic mass is 9.93. The number of nitrogens with one attached hydrogen (secondary N) is 1. The van der Waals surface area contributed by atoms with Crippen molar-refractivity contribution in [3.05, 3.63) is 28.2 Å². The predicted molar refractivity (Wildman–Crippen MR) is 87.3 cm³/mol. The molecular weight excluding hydrogens is 316 g/mol. The third-order valence-corrected chi connectivity index (χ3v) is 4.61. The van der Waals surface area contributed by atoms with E-state index in [0.717, 1.165) is 23.3 Å². The highest BCUT2D eigenvalue weighted by Gasteiger charge is 2.35. The average molecular weight is 341 g/mol. The number of benzene rings is 1. The molecule has 1 aromatic carbocycles. The van der Waals surface area contributed by atoms with Crippen LogP contribution in [0.25, 0.3) is 0 Å². The first-order valence-electron chi connectivity index (χ1n) is 7.43. The highest BCUT2D eigenvalue weighted by atomic mass is 79.9. The molecule has 0 saturated carbocycles. The SMILES string of the molecule is CCCN1CCC(CNC)C1c1cc(Br)ccc1OC. The van der Waals surface area contributed by atoms with Crippen molar-refractivity contribution >= 4 is 15.9 Å². The Labute approximate surface area is 130 Å². The first kappa shape index (κ1) is 15.8. The molecule has 1 N–H and O–H groups in total. The fourth-order valence-electron chi connectivity index (χ4n) is 3.33. The summed E-state index contributed by atoms with van der Waals surface area (Å²) in [7, 11) is 3.80. The molecule has 4 heteroatoms. The summed E-state index contributed by atoms with van der Waals surface area (Å²) in [4.78, 5) is 2.60. The standard InChI is InChI=1S/C16H25BrN2O/c1-4-8-19-9-7-12(11-18-2)16(19)14-10-13(17)5-6-15(14)20-3/h5-6,10,12,16,18H,4,7-9,11H2,1-3H3. The summed E-state index contributed by atoms with van der Waals surface area (Å²) in [6, 6.07) is 6.79. The molecule has 2 rings (SSSR count). The van der Waals surface area contributed by atoms with E-state index in [2.05, 4.69) is 51.3 Å². The maximum atomic E-state index is 5.60. The Kier molecular flexibility index (Phi) is 5.87. The minimum Gasteiger partial charge on any atom is -0.496 e. The van der Waals surface area contributed by atoms with E-state index in [9.17, 15) is 0 Å². The molecule has 2 atom stereocenters. The van der Waals surface area contributed by atoms with Gasteiger partial charge in [0.2, 0.25) is 0 Å². The molecule has 20 heavy (non-hydrogen) atoms. The number of halogens is 1. The Morgan fingerprint density at radius 2 is 2.25 bits per heavy atom. The van der Waals surface area contributed by atoms with Crippen molar-refractivity contribution in [2.45, 2.75) is 25.8 Å². The number of methoxy groups -OCH3 is 1. The molecule has 1 saturated heterocycles. The van der Waals surface area contributed by atoms with Crippen LogP contribution in [-0.2, 0) is 0 Å². The fraction of sp³-hybridized carbons (Fsp3) is 0.625. The van der Waals surface area contributed by atoms with Gasteiger partial charge in [-0.1, -0.05) is 22.9 Å². The van der Waals surface area contributed by atoms with Gasteiger partial charge in [0.15, 0.2) is 0 Å². The first-order valence-corrected chi connectivity index (χ1v) is 8.22. The van der Waals surface area contributed by atoms with Crippen LogP contribution in [0.15, 0.2) is 22.7 Å². The maximum absolute atomic E-state index is 5.60. The van der Waals surface area contributed by atoms with E-state index >= 15 is 0 Å². The van der Waals surface area contributed by atoms with Gasteiger partial charge in [0, 0.05) is 16.1 Å². The van der Waals surface area contributed by atoms with Gasteiger partial charge in [-0.15, -0.1) is 0 Å². The maximum Gasteiger partial charge on any atom is 0.123 e. The Balaban J connectivity index is 2.35. The molecule has 3 nitrogen and oxygen atoms in total. The quantitative estimate of drug-likeness (QED) is 0.858. The molecule has 1 fully saturated rings. The normalized spacial score (nSPS) is 23.2. The summed E-state index contributed by atoms with van der Waals surface area (Å²) in [6.45, 7) is 5.64. The number of rotatable bonds is 6. The van der Waals surface area contributed by atoms with Gasteiger partial charge >= 0.3 is 0 Å². The Bertz CT molecular complexity index is 424. The van der Waals surface area contributed by atoms with Gasteiger partial charge in [0.25, 0.3) is 0 Å². The molecule has 0 spiro atoms. The van der Waals surface area contributed by atoms with E-state index < -0.39 is 0 Å². The van der Waals surface area contributed by atoms with Crippen LogP contribution in [0.5, 0.6) is 5.75 Å². The predicted octanol–water partition coefficient (Wildman–Crippen LogP) is 3.45. The van der Waals surface area contributed by atoms with Gasteiger partial charge in [0.1, 0.15) is 5.75 Å². The number of hydrogen-bond acceptors (Lipinski definition) is 3. The summed E-state index contributed by atoms with van der Waals surface area (Å²) in [5, 5.41) is 3.34. The van der Waals surface area contributed by atoms with Gasteiger partial charge < -0.3 is 10.1 Å². The molecule has 1 aliphatic rings. The lowest BCUT2D eigenvalue weighted by Crippen LogP contribution is -2.30. The number of ether oxygens (including phenoxy) is 1. The summed E-state index contributed by atoms with van der Waals surface area (Å²) < 4.78 is 6.72. The van der Waals surface area contributed by atoms with Gasteiger partial charge in [-0.25, -0.2) is 0 Å². The molecule has 1 heterocycles. The Hall–Kier alpha value is -0.580. The second-order valence-corrected chi connectivity index (χ2v) is 6.39. The van der Waals surface area contributed by atoms with Crippen LogP contribution in [0.3, 0.4) is 0 Å². The van der Waals surface area contributed by atoms with Crippen molar-refractivity contribution in [1.82, 2.24) is 10.2 Å². The van der Waals surface area contributed by atoms with E-state index in [1.165, 1.54) is 24.9 Å². The molecule has 0 aromatic heterocycles. The van der Waals surface area contributed by atoms with Crippen molar-refractivity contribution in [2.75, 3.05) is 33.8 Å². The minimum absolute atomic E-state index is 0.454. The lowest BCUT2D eigenvalue weighted by Gasteiger charge is -2.29. The molecule has 0 radical (unpaired) electrons. The Morgan fingerprint density at radius 1 is 1.45 bits per heavy atom. The summed E-state index contributed by atoms with van der Waals surface area (Å²) >= 11 is 3.60. The highest BCUT2D eigenvalue weighted by Crippen LogP contribution is 2.41. The van der Waals surface area contributed by atoms with Crippen LogP contribution in [-0.4, -0.2) is 38.7 Å². The van der Waals surface area contributed by atoms with Crippen LogP contribution in [0, 0.1) is 5.92 Å². The molecule has 0 bridgehead atoms. The molecule has 2 unspecified atom stereocenters. The number of likely N-dealkylation sites (tertiary alicyclic amines) is 1. The Morgan fingerprint density at radius 3 is 2.90 bits per heavy atom. The van der Waals surface area contributed by atoms with Crippen molar-refractivity contribution in [2.24, 2.45) is 5.92 Å². The van der Waals surface area contributed by atoms with Gasteiger partial charge in [0.05, 0.1) is 7.11 Å². The van der Waals surface area contributed by atoms with Gasteiger partial charge in [-0.2, -0.15) is 0 Å². The monoisotopic (exact) mass is 340 g/mol. The lowest BCUT2D eigenvalue weighted by molar-refractivity contribution is 0.222. The molecule has 0 amide bonds. The molecule has 1 aromatic rings. The van der Waals surface area contributed by atoms with Crippen LogP contribution in [0.1, 0.15) is 31.4 Å². The van der Waals surface area contributed by atoms with Crippen LogP contribution in [0.4, 0.5) is 0 Å². The number of nitrogens with zero attached hydrogens (tertiary/aromatic N) is 1. The summed E-state index contributed by atoms with van der Waals surface area (Å²) in [5.74, 6) is 1.65. The molecule has 1 aliphatic heterocycles. The van der Waals surface area contributed by atoms with Gasteiger partial charge in [-0.3, -0.25) is 4.90 Å². The smallest absolute Gasteiger partial charge is 0.123 e. The number of hydrogen-bond donors (Lipinski definition) is 1. The van der Waals surface area contributed by atoms with Crippen LogP contribution >= 0.6 is 15.9 Å². The van der Waals surface area contributed by atoms with Crippen LogP contribution < -0.4 is 10.1 Å². The van der Waals surface area contributed by atoms with E-state index in [1.54, 1.807) is 7.11 Å². The summed E-state index contributed by atoms with van der Waals surface area (Å²) in [6.07, 6.45) is 2.44. The zero-order valence-electron chi connectivity index (χ0n) is 12.7. The van der Waals surface area contributed by atoms with Crippen molar-refractivity contribution in [3.63, 3.8) is 0 Å². The van der Waals surface area contributed by atoms with E-state index in [4.69, 9.17) is 4.74 Å². The van der Waals surface area contributed by atoms with Crippen molar-refractivity contribution in [1.29, 1.82) is 0 Å². The summed E-state index contributed by atoms with van der Waals surface area (Å²) in [5.41, 5.74) is 1.31. The highest BCUT2D eigenvalue weighted by molar-refractivity contribution is 9.10. The van der Waals surface area contributed by atoms with E-state index in [0.29, 0.717) is 12.0 Å². The molecule has 112 valence electrons. The average Bonchev–Trinajstić information content (AvgIpc) is 2.82. The van der Waals surface area contributed by atoms with E-state index in [1.807, 2.05) is 7.05 Å². The third kappa shape index (κ3) is 3.35. The zero-order chi connectivity index (χ0) is 14.5. The third-order valence-electron chi connectivity index (χ3n) is 4.11. The minimum atomic E-state index is 0.454. The van der Waals surface area contributed by atoms with Crippen LogP contribution in [0.2, 0.25) is 0 Å². The van der Waals surface area contributed by atoms with E-state index in [-0.39, 0.29) is 0 Å². The molecular formula is C16H25BrN2O. The second-order valence-electron chi connectivity index (χ2n) is 5.47. The van der Waals surface area contributed by atoms with Gasteiger partial charge in [-0.05, 0) is 63.6 Å². The van der Waals surface area contributed by atoms with Crippen molar-refractivity contribution in [3.8, 4) is 5.75 Å². The van der Waals surface area contributed by atoms with Crippen molar-refractivity contribution < 1.29 is 4.74 Å². The second kappa shape index (κ2) is 7.43. The fourth-order valence-corrected chi connectivity index (χ4v) is 3.71. The zero-order valence-corrected chi connectivity index (χ0v) is 14.2. The first-order chi connectivity index (χ1) is 9.71. The topological polar surface area (TPSA) is 24.5 Å². The largest absolute Gasteiger partial charge is 0.496 e. The molecule has 0 aliphatic carbocycles.